The molecule has 1 spiro atoms. The van der Waals surface area contributed by atoms with Gasteiger partial charge in [0, 0.05) is 26.2 Å². The standard InChI is InChI=1S/C19H31N3O2/c1-4-22-17(14-16(20-22)13-15(2)3)18(23)21-10-5-7-19(9-11-21)8-6-12-24-19/h14-15H,4-13H2,1-3H3/t19-/m1/s1. The lowest BCUT2D eigenvalue weighted by atomic mass is 9.92. The highest BCUT2D eigenvalue weighted by atomic mass is 16.5. The van der Waals surface area contributed by atoms with Crippen LogP contribution in [0.3, 0.4) is 0 Å². The number of hydrogen-bond acceptors (Lipinski definition) is 3. The fourth-order valence-electron chi connectivity index (χ4n) is 4.08. The molecule has 0 N–H and O–H groups in total. The molecule has 0 aromatic carbocycles. The van der Waals surface area contributed by atoms with E-state index in [1.54, 1.807) is 0 Å². The van der Waals surface area contributed by atoms with Gasteiger partial charge in [0.25, 0.3) is 5.91 Å². The van der Waals surface area contributed by atoms with Crippen molar-refractivity contribution in [2.75, 3.05) is 19.7 Å². The predicted molar refractivity (Wildman–Crippen MR) is 94.1 cm³/mol. The maximum absolute atomic E-state index is 13.1. The van der Waals surface area contributed by atoms with Crippen LogP contribution in [0.1, 0.15) is 69.1 Å². The van der Waals surface area contributed by atoms with Crippen molar-refractivity contribution in [2.24, 2.45) is 5.92 Å². The maximum Gasteiger partial charge on any atom is 0.272 e. The molecule has 2 saturated heterocycles. The smallest absolute Gasteiger partial charge is 0.272 e. The Morgan fingerprint density at radius 2 is 2.08 bits per heavy atom. The van der Waals surface area contributed by atoms with Crippen LogP contribution in [0.15, 0.2) is 6.07 Å². The molecule has 24 heavy (non-hydrogen) atoms. The van der Waals surface area contributed by atoms with Crippen molar-refractivity contribution in [3.05, 3.63) is 17.5 Å². The van der Waals surface area contributed by atoms with Gasteiger partial charge in [-0.05, 0) is 57.4 Å². The summed E-state index contributed by atoms with van der Waals surface area (Å²) in [4.78, 5) is 15.1. The van der Waals surface area contributed by atoms with E-state index in [0.717, 1.165) is 76.2 Å². The van der Waals surface area contributed by atoms with Crippen molar-refractivity contribution in [3.8, 4) is 0 Å². The minimum absolute atomic E-state index is 0.0445. The number of amides is 1. The zero-order valence-corrected chi connectivity index (χ0v) is 15.4. The van der Waals surface area contributed by atoms with Gasteiger partial charge in [-0.3, -0.25) is 9.48 Å². The number of ether oxygens (including phenoxy) is 1. The van der Waals surface area contributed by atoms with Crippen molar-refractivity contribution >= 4 is 5.91 Å². The summed E-state index contributed by atoms with van der Waals surface area (Å²) < 4.78 is 7.90. The van der Waals surface area contributed by atoms with Gasteiger partial charge in [-0.25, -0.2) is 0 Å². The average Bonchev–Trinajstić information content (AvgIpc) is 3.10. The van der Waals surface area contributed by atoms with Crippen LogP contribution >= 0.6 is 0 Å². The van der Waals surface area contributed by atoms with E-state index in [1.807, 2.05) is 22.6 Å². The molecule has 1 amide bonds. The van der Waals surface area contributed by atoms with E-state index in [9.17, 15) is 4.79 Å². The van der Waals surface area contributed by atoms with Crippen molar-refractivity contribution in [1.82, 2.24) is 14.7 Å². The van der Waals surface area contributed by atoms with E-state index >= 15 is 0 Å². The molecule has 1 aromatic rings. The number of aromatic nitrogens is 2. The third-order valence-corrected chi connectivity index (χ3v) is 5.34. The number of rotatable bonds is 4. The monoisotopic (exact) mass is 333 g/mol. The predicted octanol–water partition coefficient (Wildman–Crippen LogP) is 3.28. The van der Waals surface area contributed by atoms with Gasteiger partial charge in [0.1, 0.15) is 5.69 Å². The minimum Gasteiger partial charge on any atom is -0.375 e. The van der Waals surface area contributed by atoms with Gasteiger partial charge < -0.3 is 9.64 Å². The molecular formula is C19H31N3O2. The molecule has 0 saturated carbocycles. The van der Waals surface area contributed by atoms with Gasteiger partial charge in [0.15, 0.2) is 0 Å². The second-order valence-electron chi connectivity index (χ2n) is 7.72. The first-order chi connectivity index (χ1) is 11.5. The average molecular weight is 333 g/mol. The number of nitrogens with zero attached hydrogens (tertiary/aromatic N) is 3. The lowest BCUT2D eigenvalue weighted by molar-refractivity contribution is -0.00694. The van der Waals surface area contributed by atoms with Crippen LogP contribution in [-0.2, 0) is 17.7 Å². The summed E-state index contributed by atoms with van der Waals surface area (Å²) >= 11 is 0. The van der Waals surface area contributed by atoms with Gasteiger partial charge in [0.05, 0.1) is 11.3 Å². The molecule has 2 fully saturated rings. The summed E-state index contributed by atoms with van der Waals surface area (Å²) in [6.45, 7) is 9.66. The Hall–Kier alpha value is -1.36. The third kappa shape index (κ3) is 3.66. The lowest BCUT2D eigenvalue weighted by Gasteiger charge is -2.27. The van der Waals surface area contributed by atoms with Crippen LogP contribution in [0.5, 0.6) is 0 Å². The highest BCUT2D eigenvalue weighted by molar-refractivity contribution is 5.92. The molecule has 0 radical (unpaired) electrons. The number of carbonyl (C=O) groups excluding carboxylic acids is 1. The van der Waals surface area contributed by atoms with Crippen molar-refractivity contribution in [2.45, 2.75) is 71.4 Å². The summed E-state index contributed by atoms with van der Waals surface area (Å²) in [5.41, 5.74) is 1.82. The van der Waals surface area contributed by atoms with Gasteiger partial charge in [-0.2, -0.15) is 5.10 Å². The maximum atomic E-state index is 13.1. The number of hydrogen-bond donors (Lipinski definition) is 0. The first-order valence-corrected chi connectivity index (χ1v) is 9.53. The fraction of sp³-hybridized carbons (Fsp3) is 0.789. The van der Waals surface area contributed by atoms with Crippen LogP contribution in [0, 0.1) is 5.92 Å². The van der Waals surface area contributed by atoms with Gasteiger partial charge >= 0.3 is 0 Å². The Labute approximate surface area is 145 Å². The Bertz CT molecular complexity index is 573. The Morgan fingerprint density at radius 1 is 1.29 bits per heavy atom. The van der Waals surface area contributed by atoms with Gasteiger partial charge in [-0.1, -0.05) is 13.8 Å². The second-order valence-corrected chi connectivity index (χ2v) is 7.72. The Balaban J connectivity index is 1.72. The molecule has 0 aliphatic carbocycles. The van der Waals surface area contributed by atoms with E-state index in [-0.39, 0.29) is 11.5 Å². The molecule has 5 nitrogen and oxygen atoms in total. The molecule has 5 heteroatoms. The highest BCUT2D eigenvalue weighted by Crippen LogP contribution is 2.35. The zero-order valence-electron chi connectivity index (χ0n) is 15.4. The number of likely N-dealkylation sites (tertiary alicyclic amines) is 1. The van der Waals surface area contributed by atoms with Crippen LogP contribution in [-0.4, -0.2) is 45.9 Å². The number of carbonyl (C=O) groups is 1. The van der Waals surface area contributed by atoms with Crippen molar-refractivity contribution in [3.63, 3.8) is 0 Å². The molecule has 1 aromatic heterocycles. The molecule has 0 unspecified atom stereocenters. The van der Waals surface area contributed by atoms with E-state index in [4.69, 9.17) is 4.74 Å². The quantitative estimate of drug-likeness (QED) is 0.849. The zero-order chi connectivity index (χ0) is 17.2. The van der Waals surface area contributed by atoms with E-state index in [2.05, 4.69) is 18.9 Å². The lowest BCUT2D eigenvalue weighted by Crippen LogP contribution is -2.35. The summed E-state index contributed by atoms with van der Waals surface area (Å²) in [6, 6.07) is 2.00. The Kier molecular flexibility index (Phi) is 5.28. The van der Waals surface area contributed by atoms with Crippen LogP contribution in [0.2, 0.25) is 0 Å². The van der Waals surface area contributed by atoms with Crippen molar-refractivity contribution in [1.29, 1.82) is 0 Å². The number of aryl methyl sites for hydroxylation is 1. The summed E-state index contributed by atoms with van der Waals surface area (Å²) in [7, 11) is 0. The molecular weight excluding hydrogens is 302 g/mol. The van der Waals surface area contributed by atoms with Gasteiger partial charge in [-0.15, -0.1) is 0 Å². The fourth-order valence-corrected chi connectivity index (χ4v) is 4.08. The summed E-state index contributed by atoms with van der Waals surface area (Å²) in [6.07, 6.45) is 6.32. The normalized spacial score (nSPS) is 24.8. The summed E-state index contributed by atoms with van der Waals surface area (Å²) in [5, 5.41) is 4.62. The third-order valence-electron chi connectivity index (χ3n) is 5.34. The molecule has 2 aliphatic heterocycles. The molecule has 3 rings (SSSR count). The first kappa shape index (κ1) is 17.5. The van der Waals surface area contributed by atoms with Crippen LogP contribution < -0.4 is 0 Å². The minimum atomic E-state index is 0.0445. The summed E-state index contributed by atoms with van der Waals surface area (Å²) in [5.74, 6) is 0.681. The topological polar surface area (TPSA) is 47.4 Å². The van der Waals surface area contributed by atoms with E-state index < -0.39 is 0 Å². The van der Waals surface area contributed by atoms with E-state index in [1.165, 1.54) is 0 Å². The Morgan fingerprint density at radius 3 is 2.75 bits per heavy atom. The second kappa shape index (κ2) is 7.26. The molecule has 134 valence electrons. The van der Waals surface area contributed by atoms with E-state index in [0.29, 0.717) is 5.92 Å². The SMILES string of the molecule is CCn1nc(CC(C)C)cc1C(=O)N1CCC[C@@]2(CCCO2)CC1. The van der Waals surface area contributed by atoms with Crippen LogP contribution in [0.25, 0.3) is 0 Å². The molecule has 1 atom stereocenters. The molecule has 0 bridgehead atoms. The molecule has 3 heterocycles. The first-order valence-electron chi connectivity index (χ1n) is 9.53. The van der Waals surface area contributed by atoms with Crippen LogP contribution in [0.4, 0.5) is 0 Å². The van der Waals surface area contributed by atoms with Gasteiger partial charge in [0.2, 0.25) is 0 Å². The van der Waals surface area contributed by atoms with Crippen molar-refractivity contribution < 1.29 is 9.53 Å². The molecule has 2 aliphatic rings. The largest absolute Gasteiger partial charge is 0.375 e. The highest BCUT2D eigenvalue weighted by Gasteiger charge is 2.37.